The molecule has 2 heterocycles. The minimum atomic E-state index is -0.815. The molecular formula is C26H31N3O5. The largest absolute Gasteiger partial charge is 0.493 e. The smallest absolute Gasteiger partial charge is 0.255 e. The Kier molecular flexibility index (Phi) is 6.50. The van der Waals surface area contributed by atoms with E-state index in [4.69, 9.17) is 15.2 Å². The first kappa shape index (κ1) is 23.6. The van der Waals surface area contributed by atoms with E-state index in [-0.39, 0.29) is 30.7 Å². The molecule has 2 aliphatic heterocycles. The Bertz CT molecular complexity index is 1130. The van der Waals surface area contributed by atoms with Crippen molar-refractivity contribution in [1.82, 2.24) is 9.80 Å². The van der Waals surface area contributed by atoms with E-state index in [2.05, 4.69) is 0 Å². The van der Waals surface area contributed by atoms with Gasteiger partial charge in [-0.3, -0.25) is 14.4 Å². The molecule has 4 rings (SSSR count). The van der Waals surface area contributed by atoms with Crippen molar-refractivity contribution < 1.29 is 23.9 Å². The molecule has 34 heavy (non-hydrogen) atoms. The van der Waals surface area contributed by atoms with Crippen LogP contribution < -0.4 is 15.2 Å². The maximum atomic E-state index is 14.1. The minimum Gasteiger partial charge on any atom is -0.493 e. The SMILES string of the molecule is CCC(C)C(C(=O)N1Cc2cc(OC)c(OC)cc2CC1C(N)=O)N1Cc2ccccc2C1=O. The fourth-order valence-electron chi connectivity index (χ4n) is 4.98. The first-order chi connectivity index (χ1) is 16.3. The Labute approximate surface area is 199 Å². The molecule has 2 aromatic carbocycles. The molecule has 0 radical (unpaired) electrons. The zero-order chi connectivity index (χ0) is 24.6. The van der Waals surface area contributed by atoms with E-state index in [1.807, 2.05) is 44.2 Å². The molecule has 3 atom stereocenters. The van der Waals surface area contributed by atoms with Crippen LogP contribution in [-0.2, 0) is 29.1 Å². The number of carbonyl (C=O) groups excluding carboxylic acids is 3. The third-order valence-corrected chi connectivity index (χ3v) is 7.07. The van der Waals surface area contributed by atoms with Gasteiger partial charge in [-0.05, 0) is 40.8 Å². The van der Waals surface area contributed by atoms with E-state index in [0.29, 0.717) is 30.0 Å². The molecule has 2 aliphatic rings. The second-order valence-electron chi connectivity index (χ2n) is 8.98. The third-order valence-electron chi connectivity index (χ3n) is 7.07. The quantitative estimate of drug-likeness (QED) is 0.677. The van der Waals surface area contributed by atoms with Gasteiger partial charge >= 0.3 is 0 Å². The number of ether oxygens (including phenoxy) is 2. The van der Waals surface area contributed by atoms with Gasteiger partial charge in [0.1, 0.15) is 12.1 Å². The highest BCUT2D eigenvalue weighted by Crippen LogP contribution is 2.36. The Balaban J connectivity index is 1.71. The van der Waals surface area contributed by atoms with Crippen LogP contribution in [0.1, 0.15) is 47.3 Å². The van der Waals surface area contributed by atoms with Crippen LogP contribution in [0, 0.1) is 5.92 Å². The van der Waals surface area contributed by atoms with Crippen molar-refractivity contribution in [3.8, 4) is 11.5 Å². The summed E-state index contributed by atoms with van der Waals surface area (Å²) < 4.78 is 10.8. The lowest BCUT2D eigenvalue weighted by atomic mass is 9.90. The Morgan fingerprint density at radius 1 is 1.06 bits per heavy atom. The molecule has 8 heteroatoms. The number of nitrogens with two attached hydrogens (primary N) is 1. The number of amides is 3. The maximum absolute atomic E-state index is 14.1. The first-order valence-corrected chi connectivity index (χ1v) is 11.5. The van der Waals surface area contributed by atoms with Crippen molar-refractivity contribution in [2.45, 2.75) is 51.9 Å². The highest BCUT2D eigenvalue weighted by molar-refractivity contribution is 6.01. The molecule has 180 valence electrons. The summed E-state index contributed by atoms with van der Waals surface area (Å²) in [4.78, 5) is 42.9. The van der Waals surface area contributed by atoms with E-state index < -0.39 is 18.0 Å². The maximum Gasteiger partial charge on any atom is 0.255 e. The molecule has 0 spiro atoms. The summed E-state index contributed by atoms with van der Waals surface area (Å²) in [7, 11) is 3.11. The summed E-state index contributed by atoms with van der Waals surface area (Å²) in [6, 6.07) is 9.57. The Morgan fingerprint density at radius 3 is 2.29 bits per heavy atom. The number of benzene rings is 2. The van der Waals surface area contributed by atoms with Crippen molar-refractivity contribution in [1.29, 1.82) is 0 Å². The van der Waals surface area contributed by atoms with Crippen molar-refractivity contribution in [3.05, 3.63) is 58.7 Å². The highest BCUT2D eigenvalue weighted by atomic mass is 16.5. The lowest BCUT2D eigenvalue weighted by molar-refractivity contribution is -0.146. The monoisotopic (exact) mass is 465 g/mol. The predicted molar refractivity (Wildman–Crippen MR) is 126 cm³/mol. The summed E-state index contributed by atoms with van der Waals surface area (Å²) in [5.74, 6) is 0.00391. The lowest BCUT2D eigenvalue weighted by Crippen LogP contribution is -2.58. The molecule has 8 nitrogen and oxygen atoms in total. The standard InChI is InChI=1S/C26H31N3O5/c1-5-15(2)23(29-13-16-8-6-7-9-19(16)25(29)31)26(32)28-14-18-12-22(34-4)21(33-3)11-17(18)10-20(28)24(27)30/h6-9,11-12,15,20,23H,5,10,13-14H2,1-4H3,(H2,27,30). The molecule has 0 fully saturated rings. The van der Waals surface area contributed by atoms with E-state index in [1.165, 1.54) is 4.90 Å². The van der Waals surface area contributed by atoms with Gasteiger partial charge in [0, 0.05) is 25.1 Å². The van der Waals surface area contributed by atoms with Crippen LogP contribution >= 0.6 is 0 Å². The molecule has 3 unspecified atom stereocenters. The zero-order valence-electron chi connectivity index (χ0n) is 20.0. The van der Waals surface area contributed by atoms with Crippen molar-refractivity contribution in [2.24, 2.45) is 11.7 Å². The van der Waals surface area contributed by atoms with Crippen molar-refractivity contribution in [3.63, 3.8) is 0 Å². The van der Waals surface area contributed by atoms with E-state index in [1.54, 1.807) is 25.2 Å². The van der Waals surface area contributed by atoms with E-state index in [9.17, 15) is 14.4 Å². The van der Waals surface area contributed by atoms with Gasteiger partial charge in [0.05, 0.1) is 14.2 Å². The highest BCUT2D eigenvalue weighted by Gasteiger charge is 2.44. The molecule has 0 saturated heterocycles. The number of nitrogens with zero attached hydrogens (tertiary/aromatic N) is 2. The zero-order valence-corrected chi connectivity index (χ0v) is 20.0. The van der Waals surface area contributed by atoms with Crippen LogP contribution in [-0.4, -0.2) is 53.8 Å². The Hall–Kier alpha value is -3.55. The fraction of sp³-hybridized carbons (Fsp3) is 0.423. The number of rotatable bonds is 7. The van der Waals surface area contributed by atoms with Gasteiger partial charge < -0.3 is 25.0 Å². The number of carbonyl (C=O) groups is 3. The van der Waals surface area contributed by atoms with Gasteiger partial charge in [-0.2, -0.15) is 0 Å². The van der Waals surface area contributed by atoms with Gasteiger partial charge in [0.15, 0.2) is 11.5 Å². The number of hydrogen-bond acceptors (Lipinski definition) is 5. The fourth-order valence-corrected chi connectivity index (χ4v) is 4.98. The average molecular weight is 466 g/mol. The third kappa shape index (κ3) is 3.97. The first-order valence-electron chi connectivity index (χ1n) is 11.5. The van der Waals surface area contributed by atoms with Gasteiger partial charge in [-0.25, -0.2) is 0 Å². The predicted octanol–water partition coefficient (Wildman–Crippen LogP) is 2.51. The minimum absolute atomic E-state index is 0.105. The van der Waals surface area contributed by atoms with Crippen LogP contribution in [0.25, 0.3) is 0 Å². The summed E-state index contributed by atoms with van der Waals surface area (Å²) >= 11 is 0. The van der Waals surface area contributed by atoms with Gasteiger partial charge in [0.25, 0.3) is 5.91 Å². The molecular weight excluding hydrogens is 434 g/mol. The van der Waals surface area contributed by atoms with Gasteiger partial charge in [0.2, 0.25) is 11.8 Å². The molecule has 0 aliphatic carbocycles. The number of primary amides is 1. The lowest BCUT2D eigenvalue weighted by Gasteiger charge is -2.41. The molecule has 0 saturated carbocycles. The number of fused-ring (bicyclic) bond motifs is 2. The van der Waals surface area contributed by atoms with Gasteiger partial charge in [-0.1, -0.05) is 38.5 Å². The van der Waals surface area contributed by atoms with Crippen LogP contribution in [0.5, 0.6) is 11.5 Å². The summed E-state index contributed by atoms with van der Waals surface area (Å²) in [5.41, 5.74) is 9.04. The van der Waals surface area contributed by atoms with Crippen LogP contribution in [0.4, 0.5) is 0 Å². The Morgan fingerprint density at radius 2 is 1.71 bits per heavy atom. The van der Waals surface area contributed by atoms with Gasteiger partial charge in [-0.15, -0.1) is 0 Å². The molecule has 2 aromatic rings. The molecule has 2 N–H and O–H groups in total. The second-order valence-corrected chi connectivity index (χ2v) is 8.98. The summed E-state index contributed by atoms with van der Waals surface area (Å²) in [6.07, 6.45) is 0.978. The van der Waals surface area contributed by atoms with Crippen molar-refractivity contribution >= 4 is 17.7 Å². The number of hydrogen-bond donors (Lipinski definition) is 1. The van der Waals surface area contributed by atoms with Crippen LogP contribution in [0.2, 0.25) is 0 Å². The molecule has 0 aromatic heterocycles. The summed E-state index contributed by atoms with van der Waals surface area (Å²) in [5, 5.41) is 0. The summed E-state index contributed by atoms with van der Waals surface area (Å²) in [6.45, 7) is 4.52. The van der Waals surface area contributed by atoms with Crippen molar-refractivity contribution in [2.75, 3.05) is 14.2 Å². The number of methoxy groups -OCH3 is 2. The average Bonchev–Trinajstić information content (AvgIpc) is 3.18. The van der Waals surface area contributed by atoms with E-state index in [0.717, 1.165) is 16.7 Å². The van der Waals surface area contributed by atoms with Crippen LogP contribution in [0.3, 0.4) is 0 Å². The molecule has 3 amide bonds. The normalized spacial score (nSPS) is 18.7. The van der Waals surface area contributed by atoms with Crippen LogP contribution in [0.15, 0.2) is 36.4 Å². The molecule has 0 bridgehead atoms. The topological polar surface area (TPSA) is 102 Å². The van der Waals surface area contributed by atoms with E-state index >= 15 is 0 Å². The second kappa shape index (κ2) is 9.37.